The zero-order valence-corrected chi connectivity index (χ0v) is 19.6. The number of fused-ring (bicyclic) bond motifs is 2. The third-order valence-corrected chi connectivity index (χ3v) is 6.17. The van der Waals surface area contributed by atoms with Crippen LogP contribution in [0.4, 0.5) is 11.4 Å². The Morgan fingerprint density at radius 2 is 1.49 bits per heavy atom. The van der Waals surface area contributed by atoms with E-state index in [0.29, 0.717) is 6.61 Å². The molecule has 174 valence electrons. The number of nitrogens with zero attached hydrogens (tertiary/aromatic N) is 1. The first-order valence-corrected chi connectivity index (χ1v) is 11.9. The Hall–Kier alpha value is -4.31. The summed E-state index contributed by atoms with van der Waals surface area (Å²) in [5.41, 5.74) is 1.70. The second-order valence-corrected chi connectivity index (χ2v) is 8.52. The van der Waals surface area contributed by atoms with Crippen molar-refractivity contribution >= 4 is 38.8 Å². The molecule has 4 heteroatoms. The van der Waals surface area contributed by atoms with Crippen LogP contribution in [-0.2, 0) is 0 Å². The molecule has 0 aliphatic carbocycles. The number of anilines is 2. The molecule has 4 nitrogen and oxygen atoms in total. The van der Waals surface area contributed by atoms with Gasteiger partial charge in [-0.15, -0.1) is 0 Å². The third-order valence-electron chi connectivity index (χ3n) is 6.17. The predicted molar refractivity (Wildman–Crippen MR) is 143 cm³/mol. The molecule has 0 heterocycles. The molecule has 0 bridgehead atoms. The second-order valence-electron chi connectivity index (χ2n) is 8.52. The first kappa shape index (κ1) is 22.5. The van der Waals surface area contributed by atoms with Gasteiger partial charge in [0.15, 0.2) is 0 Å². The summed E-state index contributed by atoms with van der Waals surface area (Å²) in [4.78, 5) is 15.8. The molecule has 0 unspecified atom stereocenters. The number of para-hydroxylation sites is 1. The van der Waals surface area contributed by atoms with E-state index < -0.39 is 0 Å². The molecular weight excluding hydrogens is 434 g/mol. The lowest BCUT2D eigenvalue weighted by Gasteiger charge is -2.25. The minimum atomic E-state index is -0.302. The molecule has 0 aliphatic heterocycles. The van der Waals surface area contributed by atoms with E-state index in [2.05, 4.69) is 6.92 Å². The Morgan fingerprint density at radius 1 is 0.800 bits per heavy atom. The van der Waals surface area contributed by atoms with Crippen LogP contribution in [0.3, 0.4) is 0 Å². The molecule has 5 rings (SSSR count). The fourth-order valence-electron chi connectivity index (χ4n) is 4.37. The molecule has 0 aliphatic rings. The average Bonchev–Trinajstić information content (AvgIpc) is 2.89. The number of hydrogen-bond acceptors (Lipinski definition) is 3. The minimum absolute atomic E-state index is 0.0431. The van der Waals surface area contributed by atoms with Gasteiger partial charge in [-0.25, -0.2) is 0 Å². The first-order chi connectivity index (χ1) is 17.2. The monoisotopic (exact) mass is 461 g/mol. The van der Waals surface area contributed by atoms with Gasteiger partial charge in [-0.3, -0.25) is 9.69 Å². The van der Waals surface area contributed by atoms with Crippen molar-refractivity contribution in [3.63, 3.8) is 0 Å². The zero-order valence-electron chi connectivity index (χ0n) is 19.6. The summed E-state index contributed by atoms with van der Waals surface area (Å²) < 4.78 is 6.07. The van der Waals surface area contributed by atoms with Crippen LogP contribution in [0.15, 0.2) is 103 Å². The van der Waals surface area contributed by atoms with Gasteiger partial charge in [0.25, 0.3) is 5.91 Å². The summed E-state index contributed by atoms with van der Waals surface area (Å²) in [5.74, 6) is 0.453. The number of phenols is 1. The summed E-state index contributed by atoms with van der Waals surface area (Å²) in [7, 11) is 0. The number of carbonyl (C=O) groups excluding carboxylic acids is 1. The van der Waals surface area contributed by atoms with E-state index in [9.17, 15) is 9.90 Å². The van der Waals surface area contributed by atoms with Crippen molar-refractivity contribution in [2.75, 3.05) is 11.5 Å². The second kappa shape index (κ2) is 9.90. The summed E-state index contributed by atoms with van der Waals surface area (Å²) in [5, 5.41) is 14.5. The molecule has 5 aromatic carbocycles. The predicted octanol–water partition coefficient (Wildman–Crippen LogP) is 7.86. The maximum atomic E-state index is 14.1. The zero-order chi connectivity index (χ0) is 24.2. The smallest absolute Gasteiger partial charge is 0.266 e. The standard InChI is InChI=1S/C31H27NO3/c1-2-3-19-35-30-18-10-15-25-26(30)16-9-17-28(25)32(24-13-5-4-6-14-24)31(34)27-20-22-11-7-8-12-23(22)21-29(27)33/h4-18,20-21,33H,2-3,19H2,1H3. The Kier molecular flexibility index (Phi) is 6.36. The Balaban J connectivity index is 1.67. The van der Waals surface area contributed by atoms with Crippen molar-refractivity contribution in [2.24, 2.45) is 0 Å². The van der Waals surface area contributed by atoms with Gasteiger partial charge in [0.05, 0.1) is 17.9 Å². The number of aromatic hydroxyl groups is 1. The lowest BCUT2D eigenvalue weighted by Crippen LogP contribution is -2.26. The van der Waals surface area contributed by atoms with E-state index in [1.165, 1.54) is 0 Å². The van der Waals surface area contributed by atoms with Crippen molar-refractivity contribution in [1.29, 1.82) is 0 Å². The number of carbonyl (C=O) groups is 1. The number of phenolic OH excluding ortho intramolecular Hbond substituents is 1. The van der Waals surface area contributed by atoms with Crippen LogP contribution in [0.1, 0.15) is 30.1 Å². The first-order valence-electron chi connectivity index (χ1n) is 11.9. The summed E-state index contributed by atoms with van der Waals surface area (Å²) in [6.45, 7) is 2.78. The minimum Gasteiger partial charge on any atom is -0.507 e. The van der Waals surface area contributed by atoms with E-state index in [-0.39, 0.29) is 17.2 Å². The van der Waals surface area contributed by atoms with Crippen molar-refractivity contribution in [3.05, 3.63) is 109 Å². The highest BCUT2D eigenvalue weighted by atomic mass is 16.5. The Bertz CT molecular complexity index is 1490. The molecule has 35 heavy (non-hydrogen) atoms. The highest BCUT2D eigenvalue weighted by Crippen LogP contribution is 2.38. The lowest BCUT2D eigenvalue weighted by atomic mass is 10.0. The van der Waals surface area contributed by atoms with Crippen molar-refractivity contribution in [2.45, 2.75) is 19.8 Å². The quantitative estimate of drug-likeness (QED) is 0.251. The fraction of sp³-hybridized carbons (Fsp3) is 0.129. The normalized spacial score (nSPS) is 11.0. The van der Waals surface area contributed by atoms with Gasteiger partial charge in [0, 0.05) is 16.5 Å². The van der Waals surface area contributed by atoms with Crippen LogP contribution in [0.5, 0.6) is 11.5 Å². The van der Waals surface area contributed by atoms with Crippen molar-refractivity contribution in [1.82, 2.24) is 0 Å². The molecule has 0 saturated carbocycles. The largest absolute Gasteiger partial charge is 0.507 e. The molecule has 0 spiro atoms. The molecule has 0 fully saturated rings. The fourth-order valence-corrected chi connectivity index (χ4v) is 4.37. The third kappa shape index (κ3) is 4.43. The number of ether oxygens (including phenoxy) is 1. The number of amides is 1. The van der Waals surface area contributed by atoms with E-state index in [1.807, 2.05) is 91.0 Å². The van der Waals surface area contributed by atoms with Crippen LogP contribution < -0.4 is 9.64 Å². The van der Waals surface area contributed by atoms with E-state index in [4.69, 9.17) is 4.74 Å². The number of hydrogen-bond donors (Lipinski definition) is 1. The van der Waals surface area contributed by atoms with Crippen LogP contribution in [0.2, 0.25) is 0 Å². The molecule has 0 aromatic heterocycles. The highest BCUT2D eigenvalue weighted by molar-refractivity contribution is 6.17. The maximum absolute atomic E-state index is 14.1. The van der Waals surface area contributed by atoms with Gasteiger partial charge in [0.2, 0.25) is 0 Å². The van der Waals surface area contributed by atoms with Gasteiger partial charge in [-0.2, -0.15) is 0 Å². The van der Waals surface area contributed by atoms with Crippen molar-refractivity contribution in [3.8, 4) is 11.5 Å². The molecular formula is C31H27NO3. The molecule has 0 atom stereocenters. The van der Waals surface area contributed by atoms with Crippen molar-refractivity contribution < 1.29 is 14.6 Å². The molecule has 5 aromatic rings. The van der Waals surface area contributed by atoms with Gasteiger partial charge < -0.3 is 9.84 Å². The maximum Gasteiger partial charge on any atom is 0.266 e. The summed E-state index contributed by atoms with van der Waals surface area (Å²) >= 11 is 0. The SMILES string of the molecule is CCCCOc1cccc2c(N(C(=O)c3cc4ccccc4cc3O)c3ccccc3)cccc12. The van der Waals surface area contributed by atoms with E-state index in [0.717, 1.165) is 51.5 Å². The summed E-state index contributed by atoms with van der Waals surface area (Å²) in [6, 6.07) is 32.4. The van der Waals surface area contributed by atoms with E-state index in [1.54, 1.807) is 17.0 Å². The van der Waals surface area contributed by atoms with Gasteiger partial charge in [0.1, 0.15) is 11.5 Å². The lowest BCUT2D eigenvalue weighted by molar-refractivity contribution is 0.0997. The van der Waals surface area contributed by atoms with E-state index >= 15 is 0 Å². The summed E-state index contributed by atoms with van der Waals surface area (Å²) in [6.07, 6.45) is 2.04. The van der Waals surface area contributed by atoms with Crippen LogP contribution in [0.25, 0.3) is 21.5 Å². The molecule has 0 saturated heterocycles. The number of rotatable bonds is 7. The number of benzene rings is 5. The Morgan fingerprint density at radius 3 is 2.26 bits per heavy atom. The Labute approximate surface area is 205 Å². The average molecular weight is 462 g/mol. The molecule has 1 amide bonds. The van der Waals surface area contributed by atoms with Crippen LogP contribution in [0, 0.1) is 0 Å². The highest BCUT2D eigenvalue weighted by Gasteiger charge is 2.25. The van der Waals surface area contributed by atoms with Crippen LogP contribution in [-0.4, -0.2) is 17.6 Å². The molecule has 1 N–H and O–H groups in total. The van der Waals surface area contributed by atoms with Crippen LogP contribution >= 0.6 is 0 Å². The number of unbranched alkanes of at least 4 members (excludes halogenated alkanes) is 1. The van der Waals surface area contributed by atoms with Gasteiger partial charge in [-0.05, 0) is 53.6 Å². The van der Waals surface area contributed by atoms with Gasteiger partial charge in [-0.1, -0.05) is 80.1 Å². The molecule has 0 radical (unpaired) electrons. The topological polar surface area (TPSA) is 49.8 Å². The van der Waals surface area contributed by atoms with Gasteiger partial charge >= 0.3 is 0 Å².